The van der Waals surface area contributed by atoms with Gasteiger partial charge in [0.15, 0.2) is 0 Å². The van der Waals surface area contributed by atoms with Gasteiger partial charge in [0.25, 0.3) is 0 Å². The van der Waals surface area contributed by atoms with Crippen LogP contribution in [0.4, 0.5) is 0 Å². The number of fused-ring (bicyclic) bond motifs is 2. The van der Waals surface area contributed by atoms with E-state index >= 15 is 0 Å². The smallest absolute Gasteiger partial charge is 0.227 e. The van der Waals surface area contributed by atoms with Crippen molar-refractivity contribution >= 4 is 27.7 Å². The summed E-state index contributed by atoms with van der Waals surface area (Å²) in [5, 5.41) is 2.35. The van der Waals surface area contributed by atoms with Crippen LogP contribution in [0.2, 0.25) is 0 Å². The van der Waals surface area contributed by atoms with Gasteiger partial charge in [-0.05, 0) is 48.4 Å². The van der Waals surface area contributed by atoms with Crippen LogP contribution >= 0.6 is 0 Å². The molecule has 0 aliphatic carbocycles. The second-order valence-electron chi connectivity index (χ2n) is 7.45. The van der Waals surface area contributed by atoms with E-state index in [-0.39, 0.29) is 11.9 Å². The highest BCUT2D eigenvalue weighted by molar-refractivity contribution is 5.89. The number of aromatic nitrogens is 2. The Kier molecular flexibility index (Phi) is 3.97. The topological polar surface area (TPSA) is 51.9 Å². The molecule has 3 heterocycles. The zero-order valence-electron chi connectivity index (χ0n) is 15.2. The number of H-pyrrole nitrogens is 2. The molecule has 27 heavy (non-hydrogen) atoms. The highest BCUT2D eigenvalue weighted by Crippen LogP contribution is 2.33. The average Bonchev–Trinajstić information content (AvgIpc) is 3.32. The number of nitrogens with one attached hydrogen (secondary N) is 2. The van der Waals surface area contributed by atoms with E-state index < -0.39 is 0 Å². The van der Waals surface area contributed by atoms with Crippen LogP contribution in [0.1, 0.15) is 36.6 Å². The van der Waals surface area contributed by atoms with Crippen LogP contribution in [0.15, 0.2) is 60.8 Å². The standard InChI is InChI=1S/C23H23N3O/c27-23(14-17-15-24-20-10-4-2-8-18(17)20)26-12-6-5-11-22(26)21-13-16-7-1-3-9-19(16)25-21/h1-4,7-10,13,15,22,24-25H,5-6,11-12,14H2. The summed E-state index contributed by atoms with van der Waals surface area (Å²) in [6.07, 6.45) is 5.69. The molecule has 1 fully saturated rings. The largest absolute Gasteiger partial charge is 0.361 e. The van der Waals surface area contributed by atoms with E-state index in [4.69, 9.17) is 0 Å². The molecule has 1 aliphatic rings. The molecule has 2 aromatic carbocycles. The van der Waals surface area contributed by atoms with Crippen molar-refractivity contribution in [3.63, 3.8) is 0 Å². The molecule has 1 saturated heterocycles. The second-order valence-corrected chi connectivity index (χ2v) is 7.45. The molecule has 1 aliphatic heterocycles. The van der Waals surface area contributed by atoms with Gasteiger partial charge in [-0.2, -0.15) is 0 Å². The molecule has 0 bridgehead atoms. The van der Waals surface area contributed by atoms with Crippen LogP contribution in [0.25, 0.3) is 21.8 Å². The molecule has 0 spiro atoms. The van der Waals surface area contributed by atoms with Gasteiger partial charge in [-0.1, -0.05) is 36.4 Å². The third-order valence-electron chi connectivity index (χ3n) is 5.75. The fraction of sp³-hybridized carbons (Fsp3) is 0.261. The van der Waals surface area contributed by atoms with Gasteiger partial charge in [0, 0.05) is 34.9 Å². The molecule has 1 atom stereocenters. The number of hydrogen-bond donors (Lipinski definition) is 2. The van der Waals surface area contributed by atoms with Crippen LogP contribution in [0.5, 0.6) is 0 Å². The SMILES string of the molecule is O=C(Cc1c[nH]c2ccccc12)N1CCCCC1c1cc2ccccc2[nH]1. The highest BCUT2D eigenvalue weighted by atomic mass is 16.2. The average molecular weight is 357 g/mol. The molecule has 1 amide bonds. The highest BCUT2D eigenvalue weighted by Gasteiger charge is 2.29. The number of amides is 1. The Morgan fingerprint density at radius 2 is 1.85 bits per heavy atom. The lowest BCUT2D eigenvalue weighted by molar-refractivity contribution is -0.134. The number of nitrogens with zero attached hydrogens (tertiary/aromatic N) is 1. The Hall–Kier alpha value is -3.01. The lowest BCUT2D eigenvalue weighted by Gasteiger charge is -2.35. The second kappa shape index (κ2) is 6.62. The van der Waals surface area contributed by atoms with E-state index in [0.29, 0.717) is 6.42 Å². The molecule has 2 N–H and O–H groups in total. The fourth-order valence-corrected chi connectivity index (χ4v) is 4.37. The number of carbonyl (C=O) groups excluding carboxylic acids is 1. The van der Waals surface area contributed by atoms with Crippen molar-refractivity contribution in [3.8, 4) is 0 Å². The Morgan fingerprint density at radius 1 is 1.04 bits per heavy atom. The fourth-order valence-electron chi connectivity index (χ4n) is 4.37. The number of hydrogen-bond acceptors (Lipinski definition) is 1. The van der Waals surface area contributed by atoms with Crippen LogP contribution in [-0.4, -0.2) is 27.3 Å². The van der Waals surface area contributed by atoms with Gasteiger partial charge >= 0.3 is 0 Å². The van der Waals surface area contributed by atoms with Crippen LogP contribution < -0.4 is 0 Å². The molecule has 4 aromatic rings. The van der Waals surface area contributed by atoms with E-state index in [1.54, 1.807) is 0 Å². The third-order valence-corrected chi connectivity index (χ3v) is 5.75. The predicted molar refractivity (Wildman–Crippen MR) is 109 cm³/mol. The molecule has 136 valence electrons. The number of rotatable bonds is 3. The molecule has 5 rings (SSSR count). The third kappa shape index (κ3) is 2.91. The maximum absolute atomic E-state index is 13.2. The van der Waals surface area contributed by atoms with Gasteiger partial charge in [-0.3, -0.25) is 4.79 Å². The molecule has 2 aromatic heterocycles. The Balaban J connectivity index is 1.43. The number of para-hydroxylation sites is 2. The van der Waals surface area contributed by atoms with E-state index in [1.807, 2.05) is 24.4 Å². The molecule has 4 heteroatoms. The van der Waals surface area contributed by atoms with Crippen LogP contribution in [0.3, 0.4) is 0 Å². The van der Waals surface area contributed by atoms with Crippen molar-refractivity contribution in [2.24, 2.45) is 0 Å². The number of carbonyl (C=O) groups is 1. The Labute approximate surface area is 158 Å². The van der Waals surface area contributed by atoms with Gasteiger partial charge in [0.05, 0.1) is 12.5 Å². The minimum absolute atomic E-state index is 0.142. The molecule has 0 saturated carbocycles. The van der Waals surface area contributed by atoms with E-state index in [1.165, 1.54) is 5.39 Å². The zero-order chi connectivity index (χ0) is 18.2. The van der Waals surface area contributed by atoms with Gasteiger partial charge in [-0.25, -0.2) is 0 Å². The first-order valence-corrected chi connectivity index (χ1v) is 9.72. The first-order valence-electron chi connectivity index (χ1n) is 9.72. The van der Waals surface area contributed by atoms with Gasteiger partial charge in [0.2, 0.25) is 5.91 Å². The van der Waals surface area contributed by atoms with Crippen molar-refractivity contribution in [2.45, 2.75) is 31.7 Å². The summed E-state index contributed by atoms with van der Waals surface area (Å²) in [7, 11) is 0. The summed E-state index contributed by atoms with van der Waals surface area (Å²) in [4.78, 5) is 22.1. The van der Waals surface area contributed by atoms with Gasteiger partial charge in [0.1, 0.15) is 0 Å². The maximum Gasteiger partial charge on any atom is 0.227 e. The summed E-state index contributed by atoms with van der Waals surface area (Å²) in [6, 6.07) is 18.8. The first kappa shape index (κ1) is 16.2. The number of likely N-dealkylation sites (tertiary alicyclic amines) is 1. The van der Waals surface area contributed by atoms with Crippen molar-refractivity contribution in [1.82, 2.24) is 14.9 Å². The number of piperidine rings is 1. The monoisotopic (exact) mass is 357 g/mol. The summed E-state index contributed by atoms with van der Waals surface area (Å²) >= 11 is 0. The first-order chi connectivity index (χ1) is 13.3. The van der Waals surface area contributed by atoms with E-state index in [0.717, 1.165) is 53.5 Å². The van der Waals surface area contributed by atoms with E-state index in [2.05, 4.69) is 51.3 Å². The van der Waals surface area contributed by atoms with Crippen LogP contribution in [0, 0.1) is 0 Å². The van der Waals surface area contributed by atoms with Crippen molar-refractivity contribution in [3.05, 3.63) is 72.1 Å². The lowest BCUT2D eigenvalue weighted by atomic mass is 9.98. The number of benzene rings is 2. The summed E-state index contributed by atoms with van der Waals surface area (Å²) in [5.41, 5.74) is 4.47. The quantitative estimate of drug-likeness (QED) is 0.536. The van der Waals surface area contributed by atoms with Gasteiger partial charge < -0.3 is 14.9 Å². The molecule has 0 radical (unpaired) electrons. The van der Waals surface area contributed by atoms with Crippen LogP contribution in [-0.2, 0) is 11.2 Å². The predicted octanol–water partition coefficient (Wildman–Crippen LogP) is 4.95. The Morgan fingerprint density at radius 3 is 2.74 bits per heavy atom. The maximum atomic E-state index is 13.2. The number of aromatic amines is 2. The van der Waals surface area contributed by atoms with Crippen molar-refractivity contribution in [2.75, 3.05) is 6.54 Å². The van der Waals surface area contributed by atoms with Crippen molar-refractivity contribution in [1.29, 1.82) is 0 Å². The normalized spacial score (nSPS) is 17.6. The van der Waals surface area contributed by atoms with E-state index in [9.17, 15) is 4.79 Å². The molecule has 4 nitrogen and oxygen atoms in total. The zero-order valence-corrected chi connectivity index (χ0v) is 15.2. The molecule has 1 unspecified atom stereocenters. The van der Waals surface area contributed by atoms with Crippen molar-refractivity contribution < 1.29 is 4.79 Å². The molecular weight excluding hydrogens is 334 g/mol. The molecular formula is C23H23N3O. The minimum atomic E-state index is 0.142. The summed E-state index contributed by atoms with van der Waals surface area (Å²) in [5.74, 6) is 0.211. The lowest BCUT2D eigenvalue weighted by Crippen LogP contribution is -2.39. The Bertz CT molecular complexity index is 1070. The summed E-state index contributed by atoms with van der Waals surface area (Å²) in [6.45, 7) is 0.835. The minimum Gasteiger partial charge on any atom is -0.361 e. The van der Waals surface area contributed by atoms with Gasteiger partial charge in [-0.15, -0.1) is 0 Å². The summed E-state index contributed by atoms with van der Waals surface area (Å²) < 4.78 is 0.